The molecule has 3 fully saturated rings. The van der Waals surface area contributed by atoms with Gasteiger partial charge in [-0.25, -0.2) is 19.3 Å². The lowest BCUT2D eigenvalue weighted by Gasteiger charge is -2.29. The number of anilines is 1. The second kappa shape index (κ2) is 6.61. The highest BCUT2D eigenvalue weighted by Gasteiger charge is 2.62. The second-order valence-electron chi connectivity index (χ2n) is 7.71. The maximum absolute atomic E-state index is 13.4. The molecule has 0 aromatic heterocycles. The van der Waals surface area contributed by atoms with Crippen molar-refractivity contribution in [3.63, 3.8) is 0 Å². The summed E-state index contributed by atoms with van der Waals surface area (Å²) in [5.74, 6) is -2.24. The van der Waals surface area contributed by atoms with E-state index in [2.05, 4.69) is 0 Å². The Bertz CT molecular complexity index is 1020. The van der Waals surface area contributed by atoms with Crippen LogP contribution in [0.3, 0.4) is 0 Å². The van der Waals surface area contributed by atoms with Crippen LogP contribution in [-0.2, 0) is 15.8 Å². The summed E-state index contributed by atoms with van der Waals surface area (Å²) >= 11 is 0. The van der Waals surface area contributed by atoms with E-state index in [-0.39, 0.29) is 5.69 Å². The highest BCUT2D eigenvalue weighted by Crippen LogP contribution is 2.49. The number of carbonyl (C=O) groups excluding carboxylic acids is 2. The number of hydrogen-bond donors (Lipinski definition) is 0. The Kier molecular flexibility index (Phi) is 4.23. The summed E-state index contributed by atoms with van der Waals surface area (Å²) in [5, 5.41) is 3.80. The molecule has 3 aliphatic rings. The van der Waals surface area contributed by atoms with Crippen molar-refractivity contribution >= 4 is 17.5 Å². The average molecular weight is 419 g/mol. The molecule has 0 saturated carbocycles. The standard InChI is InChI=1S/C21H17F4N3O2/c22-14-7-5-12(6-8-14)17-16-18(27-10-2-9-26(17)27)20(30)28(19(16)29)15-4-1-3-13(11-15)21(23,24)25/h1,3-8,11,16-18H,2,9-10H2/t16-,17+,18-/m1/s1. The predicted octanol–water partition coefficient (Wildman–Crippen LogP) is 3.38. The molecule has 2 aromatic carbocycles. The Morgan fingerprint density at radius 1 is 0.867 bits per heavy atom. The Morgan fingerprint density at radius 2 is 1.53 bits per heavy atom. The zero-order valence-electron chi connectivity index (χ0n) is 15.6. The third-order valence-corrected chi connectivity index (χ3v) is 6.05. The molecule has 5 nitrogen and oxygen atoms in total. The van der Waals surface area contributed by atoms with Crippen molar-refractivity contribution in [3.05, 3.63) is 65.5 Å². The minimum Gasteiger partial charge on any atom is -0.274 e. The molecular formula is C21H17F4N3O2. The minimum absolute atomic E-state index is 0.0853. The van der Waals surface area contributed by atoms with E-state index in [0.717, 1.165) is 23.5 Å². The smallest absolute Gasteiger partial charge is 0.274 e. The van der Waals surface area contributed by atoms with E-state index in [0.29, 0.717) is 18.7 Å². The Hall–Kier alpha value is -2.78. The SMILES string of the molecule is O=C1[C@H]2[C@H](C(=O)N1c1cccc(C(F)(F)F)c1)N1CCCN1[C@H]2c1ccc(F)cc1. The summed E-state index contributed by atoms with van der Waals surface area (Å²) in [4.78, 5) is 27.4. The van der Waals surface area contributed by atoms with Gasteiger partial charge in [-0.15, -0.1) is 0 Å². The van der Waals surface area contributed by atoms with Crippen LogP contribution in [0, 0.1) is 11.7 Å². The van der Waals surface area contributed by atoms with Crippen molar-refractivity contribution < 1.29 is 27.2 Å². The molecule has 0 bridgehead atoms. The lowest BCUT2D eigenvalue weighted by molar-refractivity contribution is -0.137. The summed E-state index contributed by atoms with van der Waals surface area (Å²) in [6, 6.07) is 8.78. The van der Waals surface area contributed by atoms with Crippen molar-refractivity contribution in [3.8, 4) is 0 Å². The van der Waals surface area contributed by atoms with Crippen LogP contribution in [0.4, 0.5) is 23.2 Å². The molecular weight excluding hydrogens is 402 g/mol. The Labute approximate surface area is 169 Å². The maximum atomic E-state index is 13.4. The number of alkyl halides is 3. The molecule has 5 rings (SSSR count). The largest absolute Gasteiger partial charge is 0.416 e. The van der Waals surface area contributed by atoms with Gasteiger partial charge in [0.1, 0.15) is 11.9 Å². The van der Waals surface area contributed by atoms with Gasteiger partial charge in [-0.2, -0.15) is 13.2 Å². The van der Waals surface area contributed by atoms with Crippen molar-refractivity contribution in [2.45, 2.75) is 24.7 Å². The fraction of sp³-hybridized carbons (Fsp3) is 0.333. The summed E-state index contributed by atoms with van der Waals surface area (Å²) in [6.07, 6.45) is -3.79. The van der Waals surface area contributed by atoms with Gasteiger partial charge in [-0.1, -0.05) is 18.2 Å². The number of halogens is 4. The van der Waals surface area contributed by atoms with Crippen molar-refractivity contribution in [2.75, 3.05) is 18.0 Å². The molecule has 2 amide bonds. The molecule has 0 spiro atoms. The van der Waals surface area contributed by atoms with E-state index in [4.69, 9.17) is 0 Å². The van der Waals surface area contributed by atoms with Crippen LogP contribution in [0.25, 0.3) is 0 Å². The number of carbonyl (C=O) groups is 2. The van der Waals surface area contributed by atoms with Crippen LogP contribution < -0.4 is 4.90 Å². The number of hydrazine groups is 1. The Balaban J connectivity index is 1.56. The van der Waals surface area contributed by atoms with Crippen LogP contribution in [0.1, 0.15) is 23.6 Å². The van der Waals surface area contributed by atoms with Gasteiger partial charge in [0.15, 0.2) is 0 Å². The number of imide groups is 1. The highest BCUT2D eigenvalue weighted by atomic mass is 19.4. The van der Waals surface area contributed by atoms with E-state index >= 15 is 0 Å². The van der Waals surface area contributed by atoms with Gasteiger partial charge in [-0.05, 0) is 42.3 Å². The Morgan fingerprint density at radius 3 is 2.20 bits per heavy atom. The van der Waals surface area contributed by atoms with Crippen LogP contribution in [0.2, 0.25) is 0 Å². The molecule has 0 aliphatic carbocycles. The van der Waals surface area contributed by atoms with Gasteiger partial charge >= 0.3 is 6.18 Å². The first-order valence-electron chi connectivity index (χ1n) is 9.61. The van der Waals surface area contributed by atoms with Gasteiger partial charge in [-0.3, -0.25) is 9.59 Å². The summed E-state index contributed by atoms with van der Waals surface area (Å²) in [7, 11) is 0. The van der Waals surface area contributed by atoms with Crippen LogP contribution in [-0.4, -0.2) is 41.0 Å². The van der Waals surface area contributed by atoms with Gasteiger partial charge < -0.3 is 0 Å². The minimum atomic E-state index is -4.58. The maximum Gasteiger partial charge on any atom is 0.416 e. The van der Waals surface area contributed by atoms with E-state index in [1.807, 2.05) is 10.0 Å². The third-order valence-electron chi connectivity index (χ3n) is 6.05. The van der Waals surface area contributed by atoms with Crippen LogP contribution in [0.15, 0.2) is 48.5 Å². The quantitative estimate of drug-likeness (QED) is 0.553. The number of amides is 2. The second-order valence-corrected chi connectivity index (χ2v) is 7.71. The summed E-state index contributed by atoms with van der Waals surface area (Å²) < 4.78 is 52.8. The van der Waals surface area contributed by atoms with Crippen LogP contribution in [0.5, 0.6) is 0 Å². The lowest BCUT2D eigenvalue weighted by atomic mass is 9.90. The summed E-state index contributed by atoms with van der Waals surface area (Å²) in [6.45, 7) is 1.23. The first-order valence-corrected chi connectivity index (χ1v) is 9.61. The number of hydrogen-bond acceptors (Lipinski definition) is 4. The van der Waals surface area contributed by atoms with E-state index < -0.39 is 47.4 Å². The molecule has 156 valence electrons. The lowest BCUT2D eigenvalue weighted by Crippen LogP contribution is -2.44. The molecule has 3 atom stereocenters. The van der Waals surface area contributed by atoms with Crippen LogP contribution >= 0.6 is 0 Å². The fourth-order valence-corrected chi connectivity index (χ4v) is 4.85. The van der Waals surface area contributed by atoms with Gasteiger partial charge in [0, 0.05) is 13.1 Å². The molecule has 30 heavy (non-hydrogen) atoms. The van der Waals surface area contributed by atoms with E-state index in [1.165, 1.54) is 24.3 Å². The first-order chi connectivity index (χ1) is 14.3. The number of rotatable bonds is 2. The van der Waals surface area contributed by atoms with Crippen molar-refractivity contribution in [2.24, 2.45) is 5.92 Å². The number of fused-ring (bicyclic) bond motifs is 3. The monoisotopic (exact) mass is 419 g/mol. The topological polar surface area (TPSA) is 43.9 Å². The molecule has 0 radical (unpaired) electrons. The first kappa shape index (κ1) is 19.2. The van der Waals surface area contributed by atoms with Crippen molar-refractivity contribution in [1.29, 1.82) is 0 Å². The molecule has 0 unspecified atom stereocenters. The number of benzene rings is 2. The third kappa shape index (κ3) is 2.76. The summed E-state index contributed by atoms with van der Waals surface area (Å²) in [5.41, 5.74) is -0.309. The van der Waals surface area contributed by atoms with Crippen molar-refractivity contribution in [1.82, 2.24) is 10.0 Å². The molecule has 2 aromatic rings. The molecule has 0 N–H and O–H groups in total. The molecule has 3 heterocycles. The van der Waals surface area contributed by atoms with Gasteiger partial charge in [0.25, 0.3) is 5.91 Å². The fourth-order valence-electron chi connectivity index (χ4n) is 4.85. The average Bonchev–Trinajstić information content (AvgIpc) is 3.34. The highest BCUT2D eigenvalue weighted by molar-refractivity contribution is 6.24. The predicted molar refractivity (Wildman–Crippen MR) is 98.4 cm³/mol. The normalized spacial score (nSPS) is 27.1. The zero-order valence-corrected chi connectivity index (χ0v) is 15.6. The van der Waals surface area contributed by atoms with E-state index in [1.54, 1.807) is 12.1 Å². The molecule has 9 heteroatoms. The molecule has 3 aliphatic heterocycles. The van der Waals surface area contributed by atoms with E-state index in [9.17, 15) is 27.2 Å². The zero-order chi connectivity index (χ0) is 21.2. The van der Waals surface area contributed by atoms with Gasteiger partial charge in [0.05, 0.1) is 23.2 Å². The molecule has 3 saturated heterocycles. The van der Waals surface area contributed by atoms with Gasteiger partial charge in [0.2, 0.25) is 5.91 Å². The number of nitrogens with zero attached hydrogens (tertiary/aromatic N) is 3.